The van der Waals surface area contributed by atoms with E-state index >= 15 is 0 Å². The van der Waals surface area contributed by atoms with E-state index in [-0.39, 0.29) is 8.16 Å². The fourth-order valence-corrected chi connectivity index (χ4v) is 10.6. The fraction of sp³-hybridized carbons (Fsp3) is 0.379. The van der Waals surface area contributed by atoms with Crippen LogP contribution < -0.4 is 0 Å². The van der Waals surface area contributed by atoms with Gasteiger partial charge in [-0.2, -0.15) is 0 Å². The molecule has 0 amide bonds. The third kappa shape index (κ3) is 5.80. The molecule has 2 aliphatic heterocycles. The molecule has 0 unspecified atom stereocenters. The van der Waals surface area contributed by atoms with E-state index < -0.39 is 0 Å². The Morgan fingerprint density at radius 3 is 1.41 bits per heavy atom. The highest BCUT2D eigenvalue weighted by Crippen LogP contribution is 2.59. The Morgan fingerprint density at radius 1 is 0.588 bits per heavy atom. The van der Waals surface area contributed by atoms with Crippen LogP contribution in [0.5, 0.6) is 5.75 Å². The van der Waals surface area contributed by atoms with Gasteiger partial charge in [0, 0.05) is 23.0 Å². The highest BCUT2D eigenvalue weighted by atomic mass is 32.2. The first-order valence-electron chi connectivity index (χ1n) is 12.2. The molecule has 34 heavy (non-hydrogen) atoms. The van der Waals surface area contributed by atoms with Crippen LogP contribution in [0.15, 0.2) is 78.9 Å². The summed E-state index contributed by atoms with van der Waals surface area (Å²) in [6, 6.07) is 28.0. The molecule has 2 saturated heterocycles. The van der Waals surface area contributed by atoms with Gasteiger partial charge in [-0.15, -0.1) is 47.0 Å². The summed E-state index contributed by atoms with van der Waals surface area (Å²) in [6.45, 7) is 8.25. The van der Waals surface area contributed by atoms with Crippen LogP contribution in [-0.4, -0.2) is 28.1 Å². The van der Waals surface area contributed by atoms with Gasteiger partial charge in [-0.05, 0) is 34.4 Å². The second-order valence-electron chi connectivity index (χ2n) is 7.83. The number of hydrogen-bond acceptors (Lipinski definition) is 5. The summed E-state index contributed by atoms with van der Waals surface area (Å²) in [6.07, 6.45) is 1.25. The predicted octanol–water partition coefficient (Wildman–Crippen LogP) is 9.20. The van der Waals surface area contributed by atoms with Gasteiger partial charge in [-0.25, -0.2) is 0 Å². The molecular formula is C29H36OS4. The van der Waals surface area contributed by atoms with Crippen molar-refractivity contribution >= 4 is 47.0 Å². The molecule has 3 aromatic carbocycles. The average molecular weight is 529 g/mol. The van der Waals surface area contributed by atoms with E-state index in [1.165, 1.54) is 40.2 Å². The van der Waals surface area contributed by atoms with Crippen LogP contribution in [0, 0.1) is 0 Å². The SMILES string of the molecule is CC.CCC.Oc1ccc(C2(c3cccc(C4(c5ccccc5)SCCS4)c3)SCCS2)cc1. The van der Waals surface area contributed by atoms with Crippen molar-refractivity contribution in [1.29, 1.82) is 0 Å². The molecule has 0 aromatic heterocycles. The van der Waals surface area contributed by atoms with Gasteiger partial charge in [0.2, 0.25) is 0 Å². The standard InChI is InChI=1S/C24H22OS4.C3H8.C2H6/c25-22-11-9-19(10-12-22)24(28-15-16-29-24)21-8-4-7-20(17-21)23(26-13-14-27-23)18-5-2-1-3-6-18;1-3-2;1-2/h1-12,17,25H,13-16H2;3H2,1-2H3;1-2H3. The van der Waals surface area contributed by atoms with Gasteiger partial charge in [0.1, 0.15) is 13.9 Å². The molecule has 0 spiro atoms. The lowest BCUT2D eigenvalue weighted by Gasteiger charge is -2.32. The van der Waals surface area contributed by atoms with Crippen molar-refractivity contribution in [2.45, 2.75) is 42.3 Å². The van der Waals surface area contributed by atoms with Crippen LogP contribution in [0.4, 0.5) is 0 Å². The van der Waals surface area contributed by atoms with E-state index in [1.54, 1.807) is 0 Å². The highest BCUT2D eigenvalue weighted by molar-refractivity contribution is 8.21. The summed E-state index contributed by atoms with van der Waals surface area (Å²) in [5.74, 6) is 4.96. The van der Waals surface area contributed by atoms with Crippen LogP contribution >= 0.6 is 47.0 Å². The van der Waals surface area contributed by atoms with Gasteiger partial charge >= 0.3 is 0 Å². The number of aromatic hydroxyl groups is 1. The number of hydrogen-bond donors (Lipinski definition) is 1. The van der Waals surface area contributed by atoms with E-state index in [0.717, 1.165) is 11.5 Å². The van der Waals surface area contributed by atoms with Gasteiger partial charge in [-0.1, -0.05) is 101 Å². The zero-order chi connectivity index (χ0) is 24.4. The van der Waals surface area contributed by atoms with Gasteiger partial charge in [0.25, 0.3) is 0 Å². The van der Waals surface area contributed by atoms with Crippen LogP contribution in [0.25, 0.3) is 0 Å². The number of rotatable bonds is 4. The molecule has 5 heteroatoms. The second kappa shape index (κ2) is 13.2. The lowest BCUT2D eigenvalue weighted by molar-refractivity contribution is 0.475. The predicted molar refractivity (Wildman–Crippen MR) is 160 cm³/mol. The van der Waals surface area contributed by atoms with Crippen molar-refractivity contribution in [2.24, 2.45) is 0 Å². The lowest BCUT2D eigenvalue weighted by atomic mass is 9.97. The van der Waals surface area contributed by atoms with Crippen molar-refractivity contribution in [3.05, 3.63) is 101 Å². The van der Waals surface area contributed by atoms with Crippen molar-refractivity contribution < 1.29 is 5.11 Å². The molecule has 5 rings (SSSR count). The normalized spacial score (nSPS) is 17.8. The average Bonchev–Trinajstić information content (AvgIpc) is 3.59. The molecule has 1 nitrogen and oxygen atoms in total. The van der Waals surface area contributed by atoms with Gasteiger partial charge < -0.3 is 5.11 Å². The fourth-order valence-electron chi connectivity index (χ4n) is 4.09. The van der Waals surface area contributed by atoms with Crippen molar-refractivity contribution in [3.63, 3.8) is 0 Å². The summed E-state index contributed by atoms with van der Waals surface area (Å²) in [5, 5.41) is 9.78. The van der Waals surface area contributed by atoms with E-state index in [4.69, 9.17) is 0 Å². The maximum atomic E-state index is 9.78. The minimum atomic E-state index is -0.102. The quantitative estimate of drug-likeness (QED) is 0.363. The number of phenolic OH excluding ortho intramolecular Hbond substituents is 1. The Balaban J connectivity index is 0.000000603. The zero-order valence-corrected chi connectivity index (χ0v) is 23.9. The first kappa shape index (κ1) is 27.4. The Bertz CT molecular complexity index is 992. The summed E-state index contributed by atoms with van der Waals surface area (Å²) >= 11 is 8.15. The maximum absolute atomic E-state index is 9.78. The van der Waals surface area contributed by atoms with E-state index in [2.05, 4.69) is 104 Å². The van der Waals surface area contributed by atoms with Crippen LogP contribution in [0.1, 0.15) is 56.4 Å². The monoisotopic (exact) mass is 528 g/mol. The molecule has 1 N–H and O–H groups in total. The third-order valence-electron chi connectivity index (χ3n) is 5.41. The Hall–Kier alpha value is -1.14. The number of benzene rings is 3. The molecule has 0 aliphatic carbocycles. The zero-order valence-electron chi connectivity index (χ0n) is 20.6. The van der Waals surface area contributed by atoms with Crippen LogP contribution in [0.2, 0.25) is 0 Å². The van der Waals surface area contributed by atoms with Crippen molar-refractivity contribution in [1.82, 2.24) is 0 Å². The summed E-state index contributed by atoms with van der Waals surface area (Å²) in [4.78, 5) is 0. The van der Waals surface area contributed by atoms with E-state index in [9.17, 15) is 5.11 Å². The topological polar surface area (TPSA) is 20.2 Å². The Kier molecular flexibility index (Phi) is 10.7. The van der Waals surface area contributed by atoms with Gasteiger partial charge in [0.05, 0.1) is 0 Å². The van der Waals surface area contributed by atoms with Crippen LogP contribution in [0.3, 0.4) is 0 Å². The molecule has 0 bridgehead atoms. The van der Waals surface area contributed by atoms with Crippen molar-refractivity contribution in [2.75, 3.05) is 23.0 Å². The molecule has 2 aliphatic rings. The maximum Gasteiger partial charge on any atom is 0.115 e. The Morgan fingerprint density at radius 2 is 0.971 bits per heavy atom. The largest absolute Gasteiger partial charge is 0.508 e. The first-order chi connectivity index (χ1) is 16.6. The molecule has 2 heterocycles. The van der Waals surface area contributed by atoms with Gasteiger partial charge in [-0.3, -0.25) is 0 Å². The van der Waals surface area contributed by atoms with E-state index in [0.29, 0.717) is 5.75 Å². The molecule has 0 atom stereocenters. The number of thioether (sulfide) groups is 4. The summed E-state index contributed by atoms with van der Waals surface area (Å²) < 4.78 is -0.128. The third-order valence-corrected chi connectivity index (χ3v) is 12.5. The second-order valence-corrected chi connectivity index (χ2v) is 13.6. The lowest BCUT2D eigenvalue weighted by Crippen LogP contribution is -2.20. The molecule has 3 aromatic rings. The summed E-state index contributed by atoms with van der Waals surface area (Å²) in [5.41, 5.74) is 5.40. The molecule has 0 saturated carbocycles. The van der Waals surface area contributed by atoms with Crippen LogP contribution in [-0.2, 0) is 8.16 Å². The van der Waals surface area contributed by atoms with E-state index in [1.807, 2.05) is 49.5 Å². The highest BCUT2D eigenvalue weighted by Gasteiger charge is 2.43. The molecule has 2 fully saturated rings. The first-order valence-corrected chi connectivity index (χ1v) is 16.1. The Labute approximate surface area is 223 Å². The minimum absolute atomic E-state index is 0.0264. The smallest absolute Gasteiger partial charge is 0.115 e. The molecular weight excluding hydrogens is 493 g/mol. The van der Waals surface area contributed by atoms with Crippen molar-refractivity contribution in [3.8, 4) is 5.75 Å². The molecule has 0 radical (unpaired) electrons. The van der Waals surface area contributed by atoms with Gasteiger partial charge in [0.15, 0.2) is 0 Å². The number of phenols is 1. The summed E-state index contributed by atoms with van der Waals surface area (Å²) in [7, 11) is 0. The molecule has 182 valence electrons. The minimum Gasteiger partial charge on any atom is -0.508 e.